The van der Waals surface area contributed by atoms with Crippen molar-refractivity contribution >= 4 is 23.5 Å². The van der Waals surface area contributed by atoms with Crippen molar-refractivity contribution in [1.29, 1.82) is 0 Å². The van der Waals surface area contributed by atoms with Gasteiger partial charge in [-0.2, -0.15) is 0 Å². The maximum Gasteiger partial charge on any atom is 0.324 e. The summed E-state index contributed by atoms with van der Waals surface area (Å²) in [6.45, 7) is 7.01. The van der Waals surface area contributed by atoms with Crippen LogP contribution in [0.15, 0.2) is 24.3 Å². The Kier molecular flexibility index (Phi) is 8.59. The van der Waals surface area contributed by atoms with Crippen LogP contribution in [0.3, 0.4) is 0 Å². The van der Waals surface area contributed by atoms with E-state index in [9.17, 15) is 18.8 Å². The third-order valence-electron chi connectivity index (χ3n) is 7.64. The fraction of sp³-hybridized carbons (Fsp3) is 0.654. The predicted molar refractivity (Wildman–Crippen MR) is 132 cm³/mol. The van der Waals surface area contributed by atoms with E-state index < -0.39 is 0 Å². The zero-order valence-electron chi connectivity index (χ0n) is 20.7. The highest BCUT2D eigenvalue weighted by atomic mass is 19.1. The first-order valence-corrected chi connectivity index (χ1v) is 13.1. The van der Waals surface area contributed by atoms with E-state index in [0.29, 0.717) is 38.0 Å². The van der Waals surface area contributed by atoms with Crippen LogP contribution in [0.1, 0.15) is 45.4 Å². The summed E-state index contributed by atoms with van der Waals surface area (Å²) in [5.74, 6) is -0.676. The molecular weight excluding hydrogens is 449 g/mol. The number of urea groups is 1. The number of unbranched alkanes of at least 4 members (excludes halogenated alkanes) is 2. The number of carbonyl (C=O) groups excluding carboxylic acids is 3. The lowest BCUT2D eigenvalue weighted by molar-refractivity contribution is -0.139. The molecule has 1 aliphatic carbocycles. The van der Waals surface area contributed by atoms with Crippen molar-refractivity contribution in [3.63, 3.8) is 0 Å². The molecule has 192 valence electrons. The van der Waals surface area contributed by atoms with Gasteiger partial charge in [0.25, 0.3) is 0 Å². The number of hydrogen-bond acceptors (Lipinski definition) is 5. The Labute approximate surface area is 207 Å². The van der Waals surface area contributed by atoms with Gasteiger partial charge < -0.3 is 15.5 Å². The van der Waals surface area contributed by atoms with Crippen molar-refractivity contribution in [3.8, 4) is 0 Å². The molecule has 4 amide bonds. The Balaban J connectivity index is 1.18. The summed E-state index contributed by atoms with van der Waals surface area (Å²) in [4.78, 5) is 43.8. The molecule has 2 heterocycles. The Hall–Kier alpha value is -2.68. The van der Waals surface area contributed by atoms with Gasteiger partial charge >= 0.3 is 6.03 Å². The first-order chi connectivity index (χ1) is 17.0. The highest BCUT2D eigenvalue weighted by Gasteiger charge is 2.45. The molecule has 1 aromatic carbocycles. The highest BCUT2D eigenvalue weighted by Crippen LogP contribution is 2.33. The van der Waals surface area contributed by atoms with E-state index >= 15 is 0 Å². The first-order valence-electron chi connectivity index (χ1n) is 13.1. The number of para-hydroxylation sites is 1. The molecule has 0 aromatic heterocycles. The lowest BCUT2D eigenvalue weighted by Gasteiger charge is -2.42. The van der Waals surface area contributed by atoms with Crippen LogP contribution in [0.25, 0.3) is 0 Å². The molecule has 3 fully saturated rings. The van der Waals surface area contributed by atoms with Crippen LogP contribution in [0.4, 0.5) is 14.9 Å². The molecular formula is C26H38FN5O3. The van der Waals surface area contributed by atoms with Gasteiger partial charge in [0.1, 0.15) is 5.82 Å². The average molecular weight is 488 g/mol. The standard InChI is InChI=1S/C26H38FN5O3/c1-2-3-6-12-32-25(34)20-10-9-19(18-22(20)29-26(32)35)24(33)28-11-13-30-14-16-31(17-15-30)23-8-5-4-7-21(23)27/h4-5,7-8,19-20,22H,2-3,6,9-18H2,1H3,(H,28,33)(H,29,35). The van der Waals surface area contributed by atoms with E-state index in [-0.39, 0.29) is 41.5 Å². The van der Waals surface area contributed by atoms with Gasteiger partial charge in [0, 0.05) is 57.8 Å². The number of halogens is 1. The predicted octanol–water partition coefficient (Wildman–Crippen LogP) is 2.59. The molecule has 9 heteroatoms. The van der Waals surface area contributed by atoms with Crippen LogP contribution >= 0.6 is 0 Å². The number of imide groups is 1. The molecule has 8 nitrogen and oxygen atoms in total. The third kappa shape index (κ3) is 6.12. The summed E-state index contributed by atoms with van der Waals surface area (Å²) >= 11 is 0. The van der Waals surface area contributed by atoms with E-state index in [0.717, 1.165) is 52.0 Å². The number of piperazine rings is 1. The summed E-state index contributed by atoms with van der Waals surface area (Å²) in [6.07, 6.45) is 4.67. The molecule has 0 radical (unpaired) electrons. The lowest BCUT2D eigenvalue weighted by atomic mass is 9.76. The van der Waals surface area contributed by atoms with E-state index in [4.69, 9.17) is 0 Å². The lowest BCUT2D eigenvalue weighted by Crippen LogP contribution is -2.62. The normalized spacial score (nSPS) is 25.3. The summed E-state index contributed by atoms with van der Waals surface area (Å²) in [6, 6.07) is 6.28. The van der Waals surface area contributed by atoms with E-state index in [1.165, 1.54) is 11.0 Å². The molecule has 1 aromatic rings. The fourth-order valence-corrected chi connectivity index (χ4v) is 5.53. The SMILES string of the molecule is CCCCCN1C(=O)NC2CC(C(=O)NCCN3CCN(c4ccccc4F)CC3)CCC2C1=O. The first kappa shape index (κ1) is 25.4. The summed E-state index contributed by atoms with van der Waals surface area (Å²) < 4.78 is 14.0. The number of fused-ring (bicyclic) bond motifs is 1. The van der Waals surface area contributed by atoms with Crippen LogP contribution in [0.2, 0.25) is 0 Å². The number of hydrogen-bond donors (Lipinski definition) is 2. The molecule has 0 bridgehead atoms. The second-order valence-corrected chi connectivity index (χ2v) is 9.94. The summed E-state index contributed by atoms with van der Waals surface area (Å²) in [7, 11) is 0. The minimum absolute atomic E-state index is 0.000478. The average Bonchev–Trinajstić information content (AvgIpc) is 2.86. The van der Waals surface area contributed by atoms with Crippen LogP contribution in [0, 0.1) is 17.7 Å². The molecule has 0 spiro atoms. The quantitative estimate of drug-likeness (QED) is 0.523. The van der Waals surface area contributed by atoms with Gasteiger partial charge in [-0.25, -0.2) is 9.18 Å². The van der Waals surface area contributed by atoms with Crippen LogP contribution in [-0.2, 0) is 9.59 Å². The van der Waals surface area contributed by atoms with Gasteiger partial charge in [0.15, 0.2) is 0 Å². The number of amides is 4. The monoisotopic (exact) mass is 487 g/mol. The maximum absolute atomic E-state index is 14.0. The minimum atomic E-state index is -0.317. The Morgan fingerprint density at radius 3 is 2.60 bits per heavy atom. The molecule has 4 rings (SSSR count). The topological polar surface area (TPSA) is 85.0 Å². The van der Waals surface area contributed by atoms with Gasteiger partial charge in [-0.3, -0.25) is 19.4 Å². The minimum Gasteiger partial charge on any atom is -0.367 e. The third-order valence-corrected chi connectivity index (χ3v) is 7.64. The number of carbonyl (C=O) groups is 3. The van der Waals surface area contributed by atoms with Crippen LogP contribution < -0.4 is 15.5 Å². The molecule has 3 aliphatic rings. The van der Waals surface area contributed by atoms with E-state index in [1.54, 1.807) is 6.07 Å². The maximum atomic E-state index is 14.0. The van der Waals surface area contributed by atoms with Crippen LogP contribution in [-0.4, -0.2) is 79.5 Å². The van der Waals surface area contributed by atoms with Crippen molar-refractivity contribution in [2.24, 2.45) is 11.8 Å². The molecule has 2 N–H and O–H groups in total. The molecule has 35 heavy (non-hydrogen) atoms. The largest absolute Gasteiger partial charge is 0.367 e. The van der Waals surface area contributed by atoms with Crippen molar-refractivity contribution in [2.75, 3.05) is 50.7 Å². The molecule has 3 unspecified atom stereocenters. The zero-order valence-corrected chi connectivity index (χ0v) is 20.7. The van der Waals surface area contributed by atoms with E-state index in [2.05, 4.69) is 27.4 Å². The molecule has 2 aliphatic heterocycles. The second kappa shape index (κ2) is 11.8. The van der Waals surface area contributed by atoms with Crippen LogP contribution in [0.5, 0.6) is 0 Å². The summed E-state index contributed by atoms with van der Waals surface area (Å²) in [5, 5.41) is 6.04. The number of anilines is 1. The molecule has 3 atom stereocenters. The van der Waals surface area contributed by atoms with Crippen molar-refractivity contribution < 1.29 is 18.8 Å². The smallest absolute Gasteiger partial charge is 0.324 e. The zero-order chi connectivity index (χ0) is 24.8. The molecule has 1 saturated carbocycles. The number of benzene rings is 1. The highest BCUT2D eigenvalue weighted by molar-refractivity contribution is 5.99. The Morgan fingerprint density at radius 1 is 1.09 bits per heavy atom. The van der Waals surface area contributed by atoms with Gasteiger partial charge in [-0.05, 0) is 37.8 Å². The molecule has 2 saturated heterocycles. The Bertz CT molecular complexity index is 905. The number of nitrogens with zero attached hydrogens (tertiary/aromatic N) is 3. The van der Waals surface area contributed by atoms with Gasteiger partial charge in [-0.1, -0.05) is 31.9 Å². The van der Waals surface area contributed by atoms with E-state index in [1.807, 2.05) is 12.1 Å². The second-order valence-electron chi connectivity index (χ2n) is 9.94. The van der Waals surface area contributed by atoms with Gasteiger partial charge in [0.05, 0.1) is 11.6 Å². The van der Waals surface area contributed by atoms with Gasteiger partial charge in [-0.15, -0.1) is 0 Å². The fourth-order valence-electron chi connectivity index (χ4n) is 5.53. The Morgan fingerprint density at radius 2 is 1.86 bits per heavy atom. The summed E-state index contributed by atoms with van der Waals surface area (Å²) in [5.41, 5.74) is 0.647. The van der Waals surface area contributed by atoms with Crippen molar-refractivity contribution in [3.05, 3.63) is 30.1 Å². The number of rotatable bonds is 9. The van der Waals surface area contributed by atoms with Crippen molar-refractivity contribution in [1.82, 2.24) is 20.4 Å². The van der Waals surface area contributed by atoms with Crippen molar-refractivity contribution in [2.45, 2.75) is 51.5 Å². The number of nitrogens with one attached hydrogen (secondary N) is 2. The van der Waals surface area contributed by atoms with Gasteiger partial charge in [0.2, 0.25) is 11.8 Å².